The Bertz CT molecular complexity index is 961. The summed E-state index contributed by atoms with van der Waals surface area (Å²) in [6.07, 6.45) is 0.665. The number of rotatable bonds is 5. The van der Waals surface area contributed by atoms with Crippen molar-refractivity contribution in [2.24, 2.45) is 0 Å². The van der Waals surface area contributed by atoms with Crippen LogP contribution in [0.5, 0.6) is 0 Å². The topological polar surface area (TPSA) is 141 Å². The maximum absolute atomic E-state index is 12.2. The van der Waals surface area contributed by atoms with Gasteiger partial charge in [-0.15, -0.1) is 5.10 Å². The first-order chi connectivity index (χ1) is 12.9. The number of carbonyl (C=O) groups excluding carboxylic acids is 1. The number of H-pyrrole nitrogens is 1. The Hall–Kier alpha value is -2.79. The summed E-state index contributed by atoms with van der Waals surface area (Å²) in [5.41, 5.74) is -0.0708. The minimum atomic E-state index is -0.741. The lowest BCUT2D eigenvalue weighted by molar-refractivity contribution is -0.0325. The van der Waals surface area contributed by atoms with E-state index in [2.05, 4.69) is 15.3 Å². The highest BCUT2D eigenvalue weighted by atomic mass is 16.5. The average Bonchev–Trinajstić information content (AvgIpc) is 3.27. The Morgan fingerprint density at radius 1 is 1.48 bits per heavy atom. The number of hydrogen-bond acceptors (Lipinski definition) is 8. The van der Waals surface area contributed by atoms with Gasteiger partial charge in [-0.25, -0.2) is 14.3 Å². The Morgan fingerprint density at radius 3 is 2.85 bits per heavy atom. The molecule has 11 nitrogen and oxygen atoms in total. The third-order valence-corrected chi connectivity index (χ3v) is 4.63. The van der Waals surface area contributed by atoms with Gasteiger partial charge in [-0.2, -0.15) is 0 Å². The molecule has 11 heteroatoms. The molecule has 0 unspecified atom stereocenters. The number of nitrogens with zero attached hydrogens (tertiary/aromatic N) is 4. The highest BCUT2D eigenvalue weighted by Crippen LogP contribution is 2.36. The number of esters is 1. The molecule has 3 heterocycles. The minimum Gasteiger partial charge on any atom is -0.464 e. The quantitative estimate of drug-likeness (QED) is 0.650. The number of aliphatic hydroxyl groups excluding tert-OH is 1. The van der Waals surface area contributed by atoms with Gasteiger partial charge in [0.1, 0.15) is 12.3 Å². The van der Waals surface area contributed by atoms with E-state index in [9.17, 15) is 19.5 Å². The van der Waals surface area contributed by atoms with E-state index in [0.717, 1.165) is 0 Å². The molecule has 2 aromatic heterocycles. The van der Waals surface area contributed by atoms with E-state index in [1.54, 1.807) is 6.92 Å². The number of aromatic nitrogens is 5. The zero-order chi connectivity index (χ0) is 19.7. The predicted octanol–water partition coefficient (Wildman–Crippen LogP) is -0.693. The van der Waals surface area contributed by atoms with E-state index >= 15 is 0 Å². The summed E-state index contributed by atoms with van der Waals surface area (Å²) in [6.45, 7) is 3.06. The number of aryl methyl sites for hydroxylation is 2. The van der Waals surface area contributed by atoms with Crippen LogP contribution in [0.15, 0.2) is 15.8 Å². The lowest BCUT2D eigenvalue weighted by Gasteiger charge is -2.17. The molecule has 0 aliphatic carbocycles. The zero-order valence-corrected chi connectivity index (χ0v) is 15.2. The number of aliphatic hydroxyl groups is 1. The van der Waals surface area contributed by atoms with Crippen LogP contribution in [0.25, 0.3) is 0 Å². The second-order valence-corrected chi connectivity index (χ2v) is 6.27. The number of aromatic amines is 1. The van der Waals surface area contributed by atoms with Crippen molar-refractivity contribution >= 4 is 5.97 Å². The molecule has 3 rings (SSSR count). The normalized spacial score (nSPS) is 22.1. The predicted molar refractivity (Wildman–Crippen MR) is 91.4 cm³/mol. The van der Waals surface area contributed by atoms with Gasteiger partial charge in [-0.05, 0) is 13.3 Å². The van der Waals surface area contributed by atoms with E-state index in [-0.39, 0.29) is 18.7 Å². The van der Waals surface area contributed by atoms with Crippen LogP contribution in [-0.2, 0) is 15.9 Å². The van der Waals surface area contributed by atoms with Crippen LogP contribution in [0.3, 0.4) is 0 Å². The zero-order valence-electron chi connectivity index (χ0n) is 15.2. The van der Waals surface area contributed by atoms with Crippen LogP contribution in [0.1, 0.15) is 47.4 Å². The monoisotopic (exact) mass is 379 g/mol. The van der Waals surface area contributed by atoms with Crippen molar-refractivity contribution in [2.45, 2.75) is 45.1 Å². The summed E-state index contributed by atoms with van der Waals surface area (Å²) in [6, 6.07) is -0.541. The number of carbonyl (C=O) groups is 1. The van der Waals surface area contributed by atoms with Gasteiger partial charge in [0.15, 0.2) is 5.69 Å². The molecule has 0 radical (unpaired) electrons. The molecule has 27 heavy (non-hydrogen) atoms. The molecule has 2 N–H and O–H groups in total. The summed E-state index contributed by atoms with van der Waals surface area (Å²) in [5, 5.41) is 17.8. The molecule has 0 amide bonds. The van der Waals surface area contributed by atoms with Gasteiger partial charge in [0.25, 0.3) is 5.56 Å². The fraction of sp³-hybridized carbons (Fsp3) is 0.562. The van der Waals surface area contributed by atoms with Gasteiger partial charge in [0, 0.05) is 18.2 Å². The van der Waals surface area contributed by atoms with Crippen molar-refractivity contribution < 1.29 is 19.4 Å². The summed E-state index contributed by atoms with van der Waals surface area (Å²) >= 11 is 0. The van der Waals surface area contributed by atoms with E-state index < -0.39 is 35.6 Å². The first kappa shape index (κ1) is 19.0. The molecule has 1 aliphatic rings. The number of methoxy groups -OCH3 is 1. The SMILES string of the molecule is CCc1nnn([C@H]2C[C@H](n3cc(C)c(=O)[nH]c3=O)O[C@@H]2CO)c1C(=O)OC. The van der Waals surface area contributed by atoms with Crippen LogP contribution >= 0.6 is 0 Å². The minimum absolute atomic E-state index is 0.192. The molecular formula is C16H21N5O6. The number of hydrogen-bond donors (Lipinski definition) is 2. The van der Waals surface area contributed by atoms with Gasteiger partial charge in [0.2, 0.25) is 0 Å². The van der Waals surface area contributed by atoms with Gasteiger partial charge < -0.3 is 14.6 Å². The van der Waals surface area contributed by atoms with Crippen molar-refractivity contribution in [1.29, 1.82) is 0 Å². The lowest BCUT2D eigenvalue weighted by atomic mass is 10.1. The molecule has 1 fully saturated rings. The van der Waals surface area contributed by atoms with E-state index in [0.29, 0.717) is 17.7 Å². The molecule has 0 aromatic carbocycles. The average molecular weight is 379 g/mol. The maximum atomic E-state index is 12.2. The molecule has 146 valence electrons. The Labute approximate surface area is 153 Å². The third kappa shape index (κ3) is 3.30. The highest BCUT2D eigenvalue weighted by molar-refractivity contribution is 5.88. The summed E-state index contributed by atoms with van der Waals surface area (Å²) in [4.78, 5) is 38.1. The van der Waals surface area contributed by atoms with E-state index in [1.165, 1.54) is 22.6 Å². The molecule has 0 saturated carbocycles. The summed E-state index contributed by atoms with van der Waals surface area (Å²) < 4.78 is 13.3. The van der Waals surface area contributed by atoms with Crippen molar-refractivity contribution in [3.05, 3.63) is 44.0 Å². The van der Waals surface area contributed by atoms with Crippen LogP contribution in [0.4, 0.5) is 0 Å². The van der Waals surface area contributed by atoms with Gasteiger partial charge in [0.05, 0.1) is 25.5 Å². The van der Waals surface area contributed by atoms with Crippen LogP contribution in [0.2, 0.25) is 0 Å². The Kier molecular flexibility index (Phi) is 5.24. The molecular weight excluding hydrogens is 358 g/mol. The molecule has 0 spiro atoms. The maximum Gasteiger partial charge on any atom is 0.358 e. The van der Waals surface area contributed by atoms with Gasteiger partial charge >= 0.3 is 11.7 Å². The van der Waals surface area contributed by atoms with Crippen molar-refractivity contribution in [1.82, 2.24) is 24.5 Å². The lowest BCUT2D eigenvalue weighted by Crippen LogP contribution is -2.33. The van der Waals surface area contributed by atoms with Crippen molar-refractivity contribution in [3.8, 4) is 0 Å². The Morgan fingerprint density at radius 2 is 2.22 bits per heavy atom. The molecule has 2 aromatic rings. The van der Waals surface area contributed by atoms with E-state index in [1.807, 2.05) is 6.92 Å². The molecule has 3 atom stereocenters. The molecule has 1 saturated heterocycles. The Balaban J connectivity index is 2.00. The second-order valence-electron chi connectivity index (χ2n) is 6.27. The van der Waals surface area contributed by atoms with Gasteiger partial charge in [-0.3, -0.25) is 14.3 Å². The molecule has 1 aliphatic heterocycles. The largest absolute Gasteiger partial charge is 0.464 e. The first-order valence-corrected chi connectivity index (χ1v) is 8.52. The van der Waals surface area contributed by atoms with Crippen LogP contribution in [0, 0.1) is 6.92 Å². The van der Waals surface area contributed by atoms with Crippen molar-refractivity contribution in [2.75, 3.05) is 13.7 Å². The number of nitrogens with one attached hydrogen (secondary N) is 1. The first-order valence-electron chi connectivity index (χ1n) is 8.52. The van der Waals surface area contributed by atoms with E-state index in [4.69, 9.17) is 9.47 Å². The van der Waals surface area contributed by atoms with Crippen LogP contribution in [-0.4, -0.2) is 55.4 Å². The summed E-state index contributed by atoms with van der Waals surface area (Å²) in [7, 11) is 1.26. The molecule has 0 bridgehead atoms. The van der Waals surface area contributed by atoms with Crippen molar-refractivity contribution in [3.63, 3.8) is 0 Å². The van der Waals surface area contributed by atoms with Gasteiger partial charge in [-0.1, -0.05) is 12.1 Å². The number of ether oxygens (including phenoxy) is 2. The fourth-order valence-electron chi connectivity index (χ4n) is 3.21. The van der Waals surface area contributed by atoms with Crippen LogP contribution < -0.4 is 11.2 Å². The smallest absolute Gasteiger partial charge is 0.358 e. The third-order valence-electron chi connectivity index (χ3n) is 4.63. The second kappa shape index (κ2) is 7.45. The highest BCUT2D eigenvalue weighted by Gasteiger charge is 2.40. The summed E-state index contributed by atoms with van der Waals surface area (Å²) in [5.74, 6) is -0.589. The standard InChI is InChI=1S/C16H21N5O6/c1-4-9-13(15(24)26-3)21(19-18-9)10-5-12(27-11(10)7-22)20-6-8(2)14(23)17-16(20)25/h6,10-12,22H,4-5,7H2,1-3H3,(H,17,23,25)/t10-,11+,12+/m0/s1. The fourth-order valence-corrected chi connectivity index (χ4v) is 3.21.